The third-order valence-corrected chi connectivity index (χ3v) is 0.982. The molecule has 0 spiro atoms. The molecule has 0 aromatic heterocycles. The van der Waals surface area contributed by atoms with E-state index in [0.717, 1.165) is 0 Å². The van der Waals surface area contributed by atoms with Gasteiger partial charge in [0.2, 0.25) is 11.8 Å². The molecule has 12 heavy (non-hydrogen) atoms. The molecule has 74 valence electrons. The third-order valence-electron chi connectivity index (χ3n) is 0.982. The van der Waals surface area contributed by atoms with Gasteiger partial charge in [0.25, 0.3) is 0 Å². The first-order valence-electron chi connectivity index (χ1n) is 3.28. The van der Waals surface area contributed by atoms with Crippen molar-refractivity contribution in [3.05, 3.63) is 0 Å². The van der Waals surface area contributed by atoms with Crippen LogP contribution in [0, 0.1) is 0 Å². The number of nitrogens with one attached hydrogen (secondary N) is 1. The Morgan fingerprint density at radius 2 is 1.33 bits per heavy atom. The van der Waals surface area contributed by atoms with Crippen LogP contribution in [-0.4, -0.2) is 37.9 Å². The molecule has 0 rings (SSSR count). The molecule has 0 bridgehead atoms. The molecule has 0 aliphatic carbocycles. The van der Waals surface area contributed by atoms with Gasteiger partial charge in [-0.2, -0.15) is 0 Å². The number of nitrogens with zero attached hydrogens (tertiary/aromatic N) is 1. The molecular formula is C8H20N2O2. The van der Waals surface area contributed by atoms with Gasteiger partial charge < -0.3 is 10.2 Å². The lowest BCUT2D eigenvalue weighted by molar-refractivity contribution is -0.126. The fraction of sp³-hybridized carbons (Fsp3) is 0.750. The summed E-state index contributed by atoms with van der Waals surface area (Å²) in [6.07, 6.45) is 0. The van der Waals surface area contributed by atoms with Crippen LogP contribution in [0.25, 0.3) is 0 Å². The Kier molecular flexibility index (Phi) is 14.2. The number of carbonyl (C=O) groups is 2. The largest absolute Gasteiger partial charge is 0.359 e. The maximum absolute atomic E-state index is 10.1. The molecule has 0 saturated carbocycles. The van der Waals surface area contributed by atoms with Crippen LogP contribution >= 0.6 is 0 Å². The van der Waals surface area contributed by atoms with Gasteiger partial charge in [0.1, 0.15) is 0 Å². The van der Waals surface area contributed by atoms with E-state index in [-0.39, 0.29) is 19.2 Å². The number of hydrogen-bond acceptors (Lipinski definition) is 2. The average molecular weight is 176 g/mol. The quantitative estimate of drug-likeness (QED) is 0.583. The van der Waals surface area contributed by atoms with E-state index in [1.165, 1.54) is 18.7 Å². The molecule has 0 aliphatic rings. The van der Waals surface area contributed by atoms with E-state index in [1.54, 1.807) is 21.1 Å². The summed E-state index contributed by atoms with van der Waals surface area (Å²) in [4.78, 5) is 21.3. The van der Waals surface area contributed by atoms with Gasteiger partial charge in [-0.25, -0.2) is 0 Å². The van der Waals surface area contributed by atoms with E-state index >= 15 is 0 Å². The summed E-state index contributed by atoms with van der Waals surface area (Å²) in [6, 6.07) is 0. The monoisotopic (exact) mass is 176 g/mol. The van der Waals surface area contributed by atoms with Gasteiger partial charge in [-0.1, -0.05) is 7.43 Å². The second-order valence-electron chi connectivity index (χ2n) is 2.22. The minimum absolute atomic E-state index is 0. The molecule has 0 aliphatic heterocycles. The summed E-state index contributed by atoms with van der Waals surface area (Å²) >= 11 is 0. The first-order chi connectivity index (χ1) is 4.91. The molecule has 0 atom stereocenters. The second kappa shape index (κ2) is 9.94. The van der Waals surface area contributed by atoms with E-state index in [1.807, 2.05) is 0 Å². The van der Waals surface area contributed by atoms with Gasteiger partial charge >= 0.3 is 0 Å². The number of amides is 2. The molecule has 4 nitrogen and oxygen atoms in total. The summed E-state index contributed by atoms with van der Waals surface area (Å²) in [6.45, 7) is 3.00. The first kappa shape index (κ1) is 17.1. The zero-order valence-electron chi connectivity index (χ0n) is 7.76. The van der Waals surface area contributed by atoms with E-state index < -0.39 is 0 Å². The van der Waals surface area contributed by atoms with Crippen molar-refractivity contribution >= 4 is 11.8 Å². The molecule has 2 amide bonds. The lowest BCUT2D eigenvalue weighted by atomic mass is 10.7. The zero-order valence-corrected chi connectivity index (χ0v) is 7.76. The second-order valence-corrected chi connectivity index (χ2v) is 2.22. The van der Waals surface area contributed by atoms with Gasteiger partial charge in [-0.3, -0.25) is 9.59 Å². The highest BCUT2D eigenvalue weighted by Crippen LogP contribution is 1.69. The molecule has 0 unspecified atom stereocenters. The molecular weight excluding hydrogens is 156 g/mol. The highest BCUT2D eigenvalue weighted by molar-refractivity contribution is 5.72. The number of carbonyl (C=O) groups excluding carboxylic acids is 2. The average Bonchev–Trinajstić information content (AvgIpc) is 1.89. The van der Waals surface area contributed by atoms with Crippen molar-refractivity contribution in [2.45, 2.75) is 21.3 Å². The van der Waals surface area contributed by atoms with Crippen molar-refractivity contribution in [3.8, 4) is 0 Å². The van der Waals surface area contributed by atoms with E-state index in [0.29, 0.717) is 0 Å². The Hall–Kier alpha value is -1.06. The highest BCUT2D eigenvalue weighted by atomic mass is 16.2. The summed E-state index contributed by atoms with van der Waals surface area (Å²) in [5.74, 6) is 0.0972. The predicted molar refractivity (Wildman–Crippen MR) is 50.8 cm³/mol. The van der Waals surface area contributed by atoms with Crippen LogP contribution in [0.15, 0.2) is 0 Å². The van der Waals surface area contributed by atoms with Crippen molar-refractivity contribution in [2.24, 2.45) is 0 Å². The molecule has 1 N–H and O–H groups in total. The highest BCUT2D eigenvalue weighted by Gasteiger charge is 1.87. The van der Waals surface area contributed by atoms with Gasteiger partial charge in [0, 0.05) is 35.0 Å². The van der Waals surface area contributed by atoms with E-state index in [9.17, 15) is 9.59 Å². The Morgan fingerprint density at radius 3 is 1.33 bits per heavy atom. The summed E-state index contributed by atoms with van der Waals surface area (Å²) < 4.78 is 0. The Balaban J connectivity index is -0.000000126. The van der Waals surface area contributed by atoms with Crippen molar-refractivity contribution in [3.63, 3.8) is 0 Å². The minimum Gasteiger partial charge on any atom is -0.359 e. The standard InChI is InChI=1S/C4H9NO.C3H7NO.CH4/c1-4(6)5(2)3;1-3(5)4-2;/h1-3H3;1-2H3,(H,4,5);1H4. The number of rotatable bonds is 0. The molecule has 0 fully saturated rings. The molecule has 4 heteroatoms. The van der Waals surface area contributed by atoms with Crippen LogP contribution in [0.3, 0.4) is 0 Å². The van der Waals surface area contributed by atoms with Crippen molar-refractivity contribution < 1.29 is 9.59 Å². The third kappa shape index (κ3) is 23.1. The summed E-state index contributed by atoms with van der Waals surface area (Å²) in [5, 5.41) is 2.39. The summed E-state index contributed by atoms with van der Waals surface area (Å²) in [5.41, 5.74) is 0. The topological polar surface area (TPSA) is 49.4 Å². The van der Waals surface area contributed by atoms with Crippen LogP contribution in [-0.2, 0) is 9.59 Å². The Labute approximate surface area is 74.9 Å². The fourth-order valence-electron chi connectivity index (χ4n) is 0. The lowest BCUT2D eigenvalue weighted by Gasteiger charge is -2.02. The van der Waals surface area contributed by atoms with E-state index in [2.05, 4.69) is 5.32 Å². The molecule has 0 heterocycles. The van der Waals surface area contributed by atoms with Crippen LogP contribution in [0.5, 0.6) is 0 Å². The van der Waals surface area contributed by atoms with Gasteiger partial charge in [-0.05, 0) is 0 Å². The van der Waals surface area contributed by atoms with Crippen LogP contribution < -0.4 is 5.32 Å². The fourth-order valence-corrected chi connectivity index (χ4v) is 0. The molecule has 0 radical (unpaired) electrons. The number of hydrogen-bond donors (Lipinski definition) is 1. The first-order valence-corrected chi connectivity index (χ1v) is 3.28. The van der Waals surface area contributed by atoms with Crippen molar-refractivity contribution in [1.29, 1.82) is 0 Å². The SMILES string of the molecule is C.CC(=O)N(C)C.CNC(C)=O. The van der Waals surface area contributed by atoms with Gasteiger partial charge in [-0.15, -0.1) is 0 Å². The summed E-state index contributed by atoms with van der Waals surface area (Å²) in [7, 11) is 5.05. The zero-order chi connectivity index (χ0) is 9.44. The Morgan fingerprint density at radius 1 is 1.17 bits per heavy atom. The smallest absolute Gasteiger partial charge is 0.218 e. The Bertz CT molecular complexity index is 133. The maximum atomic E-state index is 10.1. The van der Waals surface area contributed by atoms with Crippen LogP contribution in [0.1, 0.15) is 21.3 Å². The lowest BCUT2D eigenvalue weighted by Crippen LogP contribution is -2.17. The predicted octanol–water partition coefficient (Wildman–Crippen LogP) is 0.483. The van der Waals surface area contributed by atoms with Crippen LogP contribution in [0.2, 0.25) is 0 Å². The molecule has 0 saturated heterocycles. The van der Waals surface area contributed by atoms with Crippen LogP contribution in [0.4, 0.5) is 0 Å². The normalized spacial score (nSPS) is 6.75. The molecule has 0 aromatic rings. The van der Waals surface area contributed by atoms with Gasteiger partial charge in [0.05, 0.1) is 0 Å². The van der Waals surface area contributed by atoms with Gasteiger partial charge in [0.15, 0.2) is 0 Å². The maximum Gasteiger partial charge on any atom is 0.218 e. The minimum atomic E-state index is 0. The van der Waals surface area contributed by atoms with Crippen molar-refractivity contribution in [1.82, 2.24) is 10.2 Å². The van der Waals surface area contributed by atoms with E-state index in [4.69, 9.17) is 0 Å². The molecule has 0 aromatic carbocycles. The van der Waals surface area contributed by atoms with Crippen molar-refractivity contribution in [2.75, 3.05) is 21.1 Å².